The van der Waals surface area contributed by atoms with Crippen LogP contribution in [0.3, 0.4) is 0 Å². The molecule has 2 aliphatic heterocycles. The first-order valence-electron chi connectivity index (χ1n) is 12.9. The molecule has 2 amide bonds. The SMILES string of the molecule is COC(=O)C1C(COc2ccc(Cl)cc2-c2nc3ccc(Cl)cc3c(=O)[nH]2)=CSC2C(NC(=O)Cc3cccs3)C(=O)N12. The molecular weight excluding hydrogens is 635 g/mol. The number of ether oxygens (including phenoxy) is 2. The number of hydrogen-bond acceptors (Lipinski definition) is 9. The number of carbonyl (C=O) groups is 3. The Kier molecular flexibility index (Phi) is 8.19. The van der Waals surface area contributed by atoms with E-state index in [1.54, 1.807) is 35.7 Å². The molecule has 0 aliphatic carbocycles. The number of β-lactam (4-membered cyclic amide) rings is 1. The lowest BCUT2D eigenvalue weighted by atomic mass is 9.98. The van der Waals surface area contributed by atoms with Gasteiger partial charge in [0.05, 0.1) is 30.0 Å². The number of thiophene rings is 1. The first-order chi connectivity index (χ1) is 20.7. The van der Waals surface area contributed by atoms with Gasteiger partial charge in [0.2, 0.25) is 11.8 Å². The van der Waals surface area contributed by atoms with E-state index in [-0.39, 0.29) is 36.2 Å². The van der Waals surface area contributed by atoms with Crippen molar-refractivity contribution in [1.29, 1.82) is 0 Å². The second-order valence-electron chi connectivity index (χ2n) is 9.70. The Hall–Kier alpha value is -3.84. The first kappa shape index (κ1) is 29.2. The summed E-state index contributed by atoms with van der Waals surface area (Å²) in [7, 11) is 1.24. The fourth-order valence-electron chi connectivity index (χ4n) is 4.94. The van der Waals surface area contributed by atoms with Gasteiger partial charge in [0.25, 0.3) is 5.56 Å². The van der Waals surface area contributed by atoms with Crippen molar-refractivity contribution >= 4 is 75.0 Å². The number of nitrogens with one attached hydrogen (secondary N) is 2. The predicted molar refractivity (Wildman–Crippen MR) is 165 cm³/mol. The molecule has 14 heteroatoms. The number of aromatic amines is 1. The summed E-state index contributed by atoms with van der Waals surface area (Å²) in [5.41, 5.74) is 0.961. The Labute approximate surface area is 263 Å². The highest BCUT2D eigenvalue weighted by Crippen LogP contribution is 2.41. The first-order valence-corrected chi connectivity index (χ1v) is 15.5. The number of nitrogens with zero attached hydrogens (tertiary/aromatic N) is 2. The van der Waals surface area contributed by atoms with E-state index in [4.69, 9.17) is 32.7 Å². The van der Waals surface area contributed by atoms with Crippen molar-refractivity contribution in [2.75, 3.05) is 13.7 Å². The van der Waals surface area contributed by atoms with Gasteiger partial charge in [-0.05, 0) is 53.3 Å². The maximum atomic E-state index is 13.2. The van der Waals surface area contributed by atoms with Crippen molar-refractivity contribution in [2.24, 2.45) is 0 Å². The lowest BCUT2D eigenvalue weighted by Crippen LogP contribution is -2.74. The summed E-state index contributed by atoms with van der Waals surface area (Å²) >= 11 is 15.1. The van der Waals surface area contributed by atoms with E-state index in [1.165, 1.54) is 41.2 Å². The van der Waals surface area contributed by atoms with E-state index in [1.807, 2.05) is 17.5 Å². The summed E-state index contributed by atoms with van der Waals surface area (Å²) in [6, 6.07) is 11.6. The van der Waals surface area contributed by atoms with Gasteiger partial charge < -0.3 is 24.7 Å². The average Bonchev–Trinajstić information content (AvgIpc) is 3.51. The van der Waals surface area contributed by atoms with Crippen LogP contribution in [0.25, 0.3) is 22.3 Å². The fraction of sp³-hybridized carbons (Fsp3) is 0.207. The maximum Gasteiger partial charge on any atom is 0.333 e. The van der Waals surface area contributed by atoms with Gasteiger partial charge in [0.1, 0.15) is 29.6 Å². The zero-order chi connectivity index (χ0) is 30.2. The van der Waals surface area contributed by atoms with Crippen LogP contribution in [0.2, 0.25) is 10.0 Å². The predicted octanol–water partition coefficient (Wildman–Crippen LogP) is 4.41. The van der Waals surface area contributed by atoms with Crippen LogP contribution >= 0.6 is 46.3 Å². The van der Waals surface area contributed by atoms with Crippen LogP contribution in [0, 0.1) is 0 Å². The van der Waals surface area contributed by atoms with Crippen LogP contribution in [0.5, 0.6) is 5.75 Å². The van der Waals surface area contributed by atoms with E-state index < -0.39 is 23.4 Å². The highest BCUT2D eigenvalue weighted by atomic mass is 35.5. The van der Waals surface area contributed by atoms with Crippen LogP contribution in [-0.4, -0.2) is 63.8 Å². The third-order valence-electron chi connectivity index (χ3n) is 6.98. The van der Waals surface area contributed by atoms with Crippen LogP contribution in [0.4, 0.5) is 0 Å². The minimum atomic E-state index is -1.03. The van der Waals surface area contributed by atoms with Gasteiger partial charge in [-0.1, -0.05) is 29.3 Å². The van der Waals surface area contributed by atoms with Gasteiger partial charge in [-0.15, -0.1) is 23.1 Å². The standard InChI is InChI=1S/C29H22Cl2N4O6S2/c1-40-29(39)24-14(13-43-28-23(27(38)35(24)28)33-22(36)11-17-3-2-8-42-17)12-41-21-7-5-16(31)10-19(21)25-32-20-6-4-15(30)9-18(20)26(37)34-25/h2-10,13,23-24,28H,11-12H2,1H3,(H,33,36)(H,32,34,37). The number of thioether (sulfide) groups is 1. The molecule has 0 bridgehead atoms. The Morgan fingerprint density at radius 1 is 1.12 bits per heavy atom. The van der Waals surface area contributed by atoms with Crippen molar-refractivity contribution in [3.63, 3.8) is 0 Å². The van der Waals surface area contributed by atoms with E-state index in [9.17, 15) is 19.2 Å². The summed E-state index contributed by atoms with van der Waals surface area (Å²) < 4.78 is 11.2. The Morgan fingerprint density at radius 2 is 1.91 bits per heavy atom. The lowest BCUT2D eigenvalue weighted by molar-refractivity contribution is -0.161. The molecule has 10 nitrogen and oxygen atoms in total. The molecule has 43 heavy (non-hydrogen) atoms. The third kappa shape index (κ3) is 5.75. The van der Waals surface area contributed by atoms with E-state index >= 15 is 0 Å². The largest absolute Gasteiger partial charge is 0.488 e. The van der Waals surface area contributed by atoms with Crippen LogP contribution in [0.15, 0.2) is 69.7 Å². The highest BCUT2D eigenvalue weighted by Gasteiger charge is 2.56. The summed E-state index contributed by atoms with van der Waals surface area (Å²) in [6.07, 6.45) is 0.169. The number of halogens is 2. The number of rotatable bonds is 8. The van der Waals surface area contributed by atoms with E-state index in [2.05, 4.69) is 15.3 Å². The minimum absolute atomic E-state index is 0.0826. The topological polar surface area (TPSA) is 131 Å². The zero-order valence-electron chi connectivity index (χ0n) is 22.3. The molecule has 4 heterocycles. The highest BCUT2D eigenvalue weighted by molar-refractivity contribution is 8.03. The number of fused-ring (bicyclic) bond motifs is 2. The normalized spacial score (nSPS) is 19.3. The molecule has 3 unspecified atom stereocenters. The number of H-pyrrole nitrogens is 1. The summed E-state index contributed by atoms with van der Waals surface area (Å²) in [6.45, 7) is -0.0826. The molecule has 220 valence electrons. The fourth-order valence-corrected chi connectivity index (χ4v) is 7.19. The van der Waals surface area contributed by atoms with Crippen LogP contribution in [-0.2, 0) is 25.5 Å². The molecule has 0 spiro atoms. The molecule has 2 N–H and O–H groups in total. The molecule has 2 aliphatic rings. The van der Waals surface area contributed by atoms with Crippen LogP contribution in [0.1, 0.15) is 4.88 Å². The molecule has 2 aromatic carbocycles. The van der Waals surface area contributed by atoms with Crippen molar-refractivity contribution < 1.29 is 23.9 Å². The number of esters is 1. The van der Waals surface area contributed by atoms with E-state index in [0.29, 0.717) is 37.8 Å². The summed E-state index contributed by atoms with van der Waals surface area (Å²) in [5, 5.41) is 7.09. The number of carbonyl (C=O) groups excluding carboxylic acids is 3. The van der Waals surface area contributed by atoms with Gasteiger partial charge in [-0.25, -0.2) is 9.78 Å². The second kappa shape index (κ2) is 12.0. The zero-order valence-corrected chi connectivity index (χ0v) is 25.5. The number of hydrogen-bond donors (Lipinski definition) is 2. The van der Waals surface area contributed by atoms with Gasteiger partial charge in [-0.2, -0.15) is 0 Å². The molecular formula is C29H22Cl2N4O6S2. The second-order valence-corrected chi connectivity index (χ2v) is 12.6. The van der Waals surface area contributed by atoms with Gasteiger partial charge >= 0.3 is 5.97 Å². The Balaban J connectivity index is 1.23. The molecule has 1 saturated heterocycles. The monoisotopic (exact) mass is 656 g/mol. The molecule has 3 atom stereocenters. The Morgan fingerprint density at radius 3 is 2.67 bits per heavy atom. The van der Waals surface area contributed by atoms with Crippen molar-refractivity contribution in [1.82, 2.24) is 20.2 Å². The third-order valence-corrected chi connectivity index (χ3v) is 9.55. The quantitative estimate of drug-likeness (QED) is 0.211. The van der Waals surface area contributed by atoms with Crippen LogP contribution < -0.4 is 15.6 Å². The number of benzene rings is 2. The molecule has 0 saturated carbocycles. The van der Waals surface area contributed by atoms with Crippen molar-refractivity contribution in [3.8, 4) is 17.1 Å². The average molecular weight is 658 g/mol. The number of amides is 2. The van der Waals surface area contributed by atoms with E-state index in [0.717, 1.165) is 4.88 Å². The number of aromatic nitrogens is 2. The molecule has 1 fully saturated rings. The van der Waals surface area contributed by atoms with Gasteiger partial charge in [0, 0.05) is 20.5 Å². The van der Waals surface area contributed by atoms with Crippen molar-refractivity contribution in [2.45, 2.75) is 23.9 Å². The van der Waals surface area contributed by atoms with Gasteiger partial charge in [-0.3, -0.25) is 14.4 Å². The summed E-state index contributed by atoms with van der Waals surface area (Å²) in [5.74, 6) is -0.720. The smallest absolute Gasteiger partial charge is 0.333 e. The summed E-state index contributed by atoms with van der Waals surface area (Å²) in [4.78, 5) is 61.0. The minimum Gasteiger partial charge on any atom is -0.488 e. The Bertz CT molecular complexity index is 1840. The molecule has 6 rings (SSSR count). The maximum absolute atomic E-state index is 13.2. The lowest BCUT2D eigenvalue weighted by Gasteiger charge is -2.51. The molecule has 0 radical (unpaired) electrons. The van der Waals surface area contributed by atoms with Crippen molar-refractivity contribution in [3.05, 3.63) is 90.2 Å². The number of methoxy groups -OCH3 is 1. The van der Waals surface area contributed by atoms with Gasteiger partial charge in [0.15, 0.2) is 6.04 Å². The molecule has 4 aromatic rings. The molecule has 2 aromatic heterocycles.